The third kappa shape index (κ3) is 9.71. The Hall–Kier alpha value is -2.76. The van der Waals surface area contributed by atoms with E-state index in [0.29, 0.717) is 30.0 Å². The van der Waals surface area contributed by atoms with Crippen molar-refractivity contribution in [2.24, 2.45) is 0 Å². The first-order chi connectivity index (χ1) is 16.9. The van der Waals surface area contributed by atoms with E-state index >= 15 is 0 Å². The molecule has 2 aromatic rings. The van der Waals surface area contributed by atoms with E-state index in [2.05, 4.69) is 5.32 Å². The van der Waals surface area contributed by atoms with Crippen LogP contribution < -0.4 is 14.8 Å². The van der Waals surface area contributed by atoms with Crippen molar-refractivity contribution in [1.82, 2.24) is 4.72 Å². The molecule has 36 heavy (non-hydrogen) atoms. The number of unbranched alkanes of at least 4 members (excludes halogenated alkanes) is 2. The zero-order valence-electron chi connectivity index (χ0n) is 19.8. The Morgan fingerprint density at radius 1 is 1.08 bits per heavy atom. The summed E-state index contributed by atoms with van der Waals surface area (Å²) in [7, 11) is -2.25. The van der Waals surface area contributed by atoms with E-state index in [4.69, 9.17) is 21.1 Å². The van der Waals surface area contributed by atoms with Crippen LogP contribution in [0.1, 0.15) is 37.3 Å². The van der Waals surface area contributed by atoms with Gasteiger partial charge in [-0.05, 0) is 48.4 Å². The average Bonchev–Trinajstić information content (AvgIpc) is 2.79. The first-order valence-electron chi connectivity index (χ1n) is 11.1. The first-order valence-corrected chi connectivity index (χ1v) is 13.1. The van der Waals surface area contributed by atoms with Crippen LogP contribution in [-0.4, -0.2) is 40.4 Å². The summed E-state index contributed by atoms with van der Waals surface area (Å²) >= 11 is 6.07. The minimum Gasteiger partial charge on any atom is -0.491 e. The summed E-state index contributed by atoms with van der Waals surface area (Å²) in [6, 6.07) is 7.67. The molecule has 0 aliphatic carbocycles. The normalized spacial score (nSPS) is 12.1. The quantitative estimate of drug-likeness (QED) is 0.243. The van der Waals surface area contributed by atoms with Gasteiger partial charge in [0.2, 0.25) is 10.0 Å². The molecule has 0 spiro atoms. The zero-order chi connectivity index (χ0) is 26.8. The Kier molecular flexibility index (Phi) is 11.1. The number of rotatable bonds is 13. The molecular formula is C24H28ClF3N2O5S. The van der Waals surface area contributed by atoms with Gasteiger partial charge in [0.15, 0.2) is 0 Å². The van der Waals surface area contributed by atoms with Gasteiger partial charge in [0.25, 0.3) is 5.91 Å². The Morgan fingerprint density at radius 3 is 2.47 bits per heavy atom. The molecule has 0 unspecified atom stereocenters. The number of benzene rings is 2. The Balaban J connectivity index is 2.28. The van der Waals surface area contributed by atoms with Crippen molar-refractivity contribution in [2.75, 3.05) is 31.4 Å². The molecular weight excluding hydrogens is 521 g/mol. The number of hydrogen-bond donors (Lipinski definition) is 2. The van der Waals surface area contributed by atoms with E-state index in [1.54, 1.807) is 18.2 Å². The van der Waals surface area contributed by atoms with E-state index in [-0.39, 0.29) is 23.1 Å². The topological polar surface area (TPSA) is 93.7 Å². The molecule has 0 aliphatic heterocycles. The summed E-state index contributed by atoms with van der Waals surface area (Å²) in [6.45, 7) is 2.53. The van der Waals surface area contributed by atoms with Gasteiger partial charge >= 0.3 is 6.18 Å². The first kappa shape index (κ1) is 29.5. The fraction of sp³-hybridized carbons (Fsp3) is 0.375. The molecule has 0 aromatic heterocycles. The van der Waals surface area contributed by atoms with Crippen LogP contribution >= 0.6 is 11.6 Å². The molecule has 0 heterocycles. The highest BCUT2D eigenvalue weighted by Gasteiger charge is 2.31. The number of halogens is 4. The molecule has 198 valence electrons. The summed E-state index contributed by atoms with van der Waals surface area (Å²) in [6.07, 6.45) is -0.114. The molecule has 0 atom stereocenters. The maximum Gasteiger partial charge on any atom is 0.416 e. The fourth-order valence-electron chi connectivity index (χ4n) is 3.01. The number of hydrogen-bond acceptors (Lipinski definition) is 6. The molecule has 0 fully saturated rings. The van der Waals surface area contributed by atoms with Gasteiger partial charge in [-0.15, -0.1) is 0 Å². The molecule has 2 rings (SSSR count). The second-order valence-electron chi connectivity index (χ2n) is 7.73. The molecule has 0 bridgehead atoms. The summed E-state index contributed by atoms with van der Waals surface area (Å²) in [4.78, 5) is 12.2. The predicted octanol–water partition coefficient (Wildman–Crippen LogP) is 5.78. The van der Waals surface area contributed by atoms with E-state index in [0.717, 1.165) is 31.1 Å². The highest BCUT2D eigenvalue weighted by molar-refractivity contribution is 7.90. The van der Waals surface area contributed by atoms with Crippen LogP contribution in [-0.2, 0) is 25.7 Å². The third-order valence-electron chi connectivity index (χ3n) is 4.83. The summed E-state index contributed by atoms with van der Waals surface area (Å²) in [5.41, 5.74) is 0.0907. The molecule has 12 heteroatoms. The van der Waals surface area contributed by atoms with Gasteiger partial charge in [-0.2, -0.15) is 13.2 Å². The fourth-order valence-corrected chi connectivity index (χ4v) is 4.29. The van der Waals surface area contributed by atoms with Gasteiger partial charge in [-0.25, -0.2) is 13.1 Å². The third-order valence-corrected chi connectivity index (χ3v) is 6.48. The molecule has 0 saturated heterocycles. The molecule has 0 saturated carbocycles. The van der Waals surface area contributed by atoms with Crippen molar-refractivity contribution in [2.45, 2.75) is 32.4 Å². The van der Waals surface area contributed by atoms with Crippen LogP contribution in [0.4, 0.5) is 24.5 Å². The highest BCUT2D eigenvalue weighted by atomic mass is 35.5. The highest BCUT2D eigenvalue weighted by Crippen LogP contribution is 2.36. The Labute approximate surface area is 213 Å². The number of ether oxygens (including phenoxy) is 2. The van der Waals surface area contributed by atoms with Gasteiger partial charge in [0.1, 0.15) is 12.4 Å². The van der Waals surface area contributed by atoms with Crippen molar-refractivity contribution in [3.8, 4) is 5.75 Å². The van der Waals surface area contributed by atoms with Crippen LogP contribution in [0.2, 0.25) is 5.02 Å². The largest absolute Gasteiger partial charge is 0.491 e. The lowest BCUT2D eigenvalue weighted by Crippen LogP contribution is -2.31. The maximum absolute atomic E-state index is 13.0. The van der Waals surface area contributed by atoms with Crippen molar-refractivity contribution >= 4 is 45.0 Å². The van der Waals surface area contributed by atoms with Gasteiger partial charge in [0, 0.05) is 24.9 Å². The second-order valence-corrected chi connectivity index (χ2v) is 9.98. The predicted molar refractivity (Wildman–Crippen MR) is 134 cm³/mol. The molecule has 0 aliphatic rings. The maximum atomic E-state index is 13.0. The minimum atomic E-state index is -4.55. The van der Waals surface area contributed by atoms with Crippen molar-refractivity contribution in [1.29, 1.82) is 0 Å². The number of alkyl halides is 3. The summed E-state index contributed by atoms with van der Waals surface area (Å²) in [5, 5.41) is 2.78. The standard InChI is InChI=1S/C24H28ClF3N2O5S/c1-3-4-5-14-36(32,33)30-23(31)11-7-17-6-9-19(35-13-12-34-2)16-22(17)29-21-10-8-18(15-20(21)25)24(26,27)28/h6-11,15-16,29H,3-5,12-14H2,1-2H3,(H,30,31)/b11-7+. The van der Waals surface area contributed by atoms with Crippen LogP contribution in [0.3, 0.4) is 0 Å². The van der Waals surface area contributed by atoms with Gasteiger partial charge < -0.3 is 14.8 Å². The number of carbonyl (C=O) groups excluding carboxylic acids is 1. The van der Waals surface area contributed by atoms with Gasteiger partial charge in [-0.1, -0.05) is 31.4 Å². The monoisotopic (exact) mass is 548 g/mol. The lowest BCUT2D eigenvalue weighted by atomic mass is 10.1. The summed E-state index contributed by atoms with van der Waals surface area (Å²) in [5.74, 6) is -0.559. The number of methoxy groups -OCH3 is 1. The smallest absolute Gasteiger partial charge is 0.416 e. The van der Waals surface area contributed by atoms with Gasteiger partial charge in [0.05, 0.1) is 28.6 Å². The summed E-state index contributed by atoms with van der Waals surface area (Å²) < 4.78 is 75.5. The number of anilines is 2. The molecule has 1 amide bonds. The average molecular weight is 549 g/mol. The van der Waals surface area contributed by atoms with Crippen molar-refractivity contribution in [3.63, 3.8) is 0 Å². The Morgan fingerprint density at radius 2 is 1.83 bits per heavy atom. The molecule has 2 N–H and O–H groups in total. The lowest BCUT2D eigenvalue weighted by molar-refractivity contribution is -0.137. The van der Waals surface area contributed by atoms with Crippen LogP contribution in [0.25, 0.3) is 6.08 Å². The van der Waals surface area contributed by atoms with Crippen LogP contribution in [0.5, 0.6) is 5.75 Å². The number of sulfonamides is 1. The van der Waals surface area contributed by atoms with Crippen LogP contribution in [0.15, 0.2) is 42.5 Å². The number of carbonyl (C=O) groups is 1. The lowest BCUT2D eigenvalue weighted by Gasteiger charge is -2.15. The SMILES string of the molecule is CCCCCS(=O)(=O)NC(=O)/C=C/c1ccc(OCCOC)cc1Nc1ccc(C(F)(F)F)cc1Cl. The Bertz CT molecular complexity index is 1170. The van der Waals surface area contributed by atoms with Crippen LogP contribution in [0, 0.1) is 0 Å². The molecule has 7 nitrogen and oxygen atoms in total. The minimum absolute atomic E-state index is 0.160. The number of amides is 1. The number of nitrogens with one attached hydrogen (secondary N) is 2. The van der Waals surface area contributed by atoms with Gasteiger partial charge in [-0.3, -0.25) is 4.79 Å². The second kappa shape index (κ2) is 13.5. The molecule has 0 radical (unpaired) electrons. The van der Waals surface area contributed by atoms with E-state index in [9.17, 15) is 26.4 Å². The van der Waals surface area contributed by atoms with E-state index in [1.807, 2.05) is 11.6 Å². The molecule has 2 aromatic carbocycles. The zero-order valence-corrected chi connectivity index (χ0v) is 21.4. The van der Waals surface area contributed by atoms with E-state index in [1.165, 1.54) is 19.3 Å². The van der Waals surface area contributed by atoms with Crippen molar-refractivity contribution in [3.05, 3.63) is 58.6 Å². The van der Waals surface area contributed by atoms with Crippen molar-refractivity contribution < 1.29 is 35.9 Å². The van der Waals surface area contributed by atoms with E-state index < -0.39 is 27.7 Å².